The molecule has 0 amide bonds. The van der Waals surface area contributed by atoms with Crippen molar-refractivity contribution in [3.8, 4) is 6.07 Å². The molecular weight excluding hydrogens is 164 g/mol. The molecule has 2 rings (SSSR count). The average Bonchev–Trinajstić information content (AvgIpc) is 2.82. The molecule has 2 saturated carbocycles. The van der Waals surface area contributed by atoms with Crippen LogP contribution in [-0.4, -0.2) is 23.8 Å². The van der Waals surface area contributed by atoms with Crippen molar-refractivity contribution in [2.45, 2.75) is 44.2 Å². The lowest BCUT2D eigenvalue weighted by molar-refractivity contribution is 0.147. The second-order valence-electron chi connectivity index (χ2n) is 4.38. The maximum Gasteiger partial charge on any atom is 0.0703 e. The van der Waals surface area contributed by atoms with E-state index in [4.69, 9.17) is 5.26 Å². The molecule has 0 bridgehead atoms. The zero-order chi connectivity index (χ0) is 9.31. The van der Waals surface area contributed by atoms with E-state index in [2.05, 4.69) is 11.4 Å². The van der Waals surface area contributed by atoms with Crippen LogP contribution in [0.15, 0.2) is 0 Å². The number of nitrogens with one attached hydrogen (secondary N) is 1. The lowest BCUT2D eigenvalue weighted by Gasteiger charge is -2.17. The first-order valence-corrected chi connectivity index (χ1v) is 5.08. The Labute approximate surface area is 78.7 Å². The zero-order valence-electron chi connectivity index (χ0n) is 7.79. The lowest BCUT2D eigenvalue weighted by Crippen LogP contribution is -2.38. The Morgan fingerprint density at radius 2 is 2.23 bits per heavy atom. The molecule has 3 nitrogen and oxygen atoms in total. The van der Waals surface area contributed by atoms with Gasteiger partial charge in [-0.25, -0.2) is 0 Å². The van der Waals surface area contributed by atoms with Gasteiger partial charge in [-0.2, -0.15) is 5.26 Å². The van der Waals surface area contributed by atoms with E-state index >= 15 is 0 Å². The SMILES string of the molecule is N#CC1(CNC2CCCC2O)CC1. The number of nitrogens with zero attached hydrogens (tertiary/aromatic N) is 1. The molecule has 0 saturated heterocycles. The second-order valence-corrected chi connectivity index (χ2v) is 4.38. The van der Waals surface area contributed by atoms with E-state index in [1.165, 1.54) is 0 Å². The first kappa shape index (κ1) is 8.98. The summed E-state index contributed by atoms with van der Waals surface area (Å²) in [7, 11) is 0. The van der Waals surface area contributed by atoms with Crippen molar-refractivity contribution in [2.75, 3.05) is 6.54 Å². The highest BCUT2D eigenvalue weighted by molar-refractivity contribution is 5.11. The van der Waals surface area contributed by atoms with Gasteiger partial charge in [0.05, 0.1) is 17.6 Å². The lowest BCUT2D eigenvalue weighted by atomic mass is 10.1. The fraction of sp³-hybridized carbons (Fsp3) is 0.900. The molecule has 0 heterocycles. The molecule has 13 heavy (non-hydrogen) atoms. The van der Waals surface area contributed by atoms with Crippen molar-refractivity contribution >= 4 is 0 Å². The normalized spacial score (nSPS) is 35.7. The Bertz CT molecular complexity index is 230. The summed E-state index contributed by atoms with van der Waals surface area (Å²) in [6.07, 6.45) is 4.95. The van der Waals surface area contributed by atoms with E-state index in [0.29, 0.717) is 0 Å². The first-order chi connectivity index (χ1) is 6.26. The van der Waals surface area contributed by atoms with Crippen LogP contribution in [0.3, 0.4) is 0 Å². The van der Waals surface area contributed by atoms with Crippen molar-refractivity contribution in [1.82, 2.24) is 5.32 Å². The van der Waals surface area contributed by atoms with Crippen LogP contribution >= 0.6 is 0 Å². The Hall–Kier alpha value is -0.590. The average molecular weight is 180 g/mol. The van der Waals surface area contributed by atoms with Gasteiger partial charge in [0.2, 0.25) is 0 Å². The molecule has 0 spiro atoms. The van der Waals surface area contributed by atoms with Crippen LogP contribution in [0.25, 0.3) is 0 Å². The Kier molecular flexibility index (Phi) is 2.27. The van der Waals surface area contributed by atoms with Crippen LogP contribution in [0.2, 0.25) is 0 Å². The van der Waals surface area contributed by atoms with E-state index in [1.54, 1.807) is 0 Å². The molecule has 2 N–H and O–H groups in total. The molecule has 2 aliphatic rings. The van der Waals surface area contributed by atoms with Gasteiger partial charge >= 0.3 is 0 Å². The molecule has 0 radical (unpaired) electrons. The summed E-state index contributed by atoms with van der Waals surface area (Å²) in [5.74, 6) is 0. The highest BCUT2D eigenvalue weighted by Crippen LogP contribution is 2.44. The third-order valence-electron chi connectivity index (χ3n) is 3.27. The first-order valence-electron chi connectivity index (χ1n) is 5.08. The molecule has 72 valence electrons. The van der Waals surface area contributed by atoms with Gasteiger partial charge in [-0.15, -0.1) is 0 Å². The van der Waals surface area contributed by atoms with Gasteiger partial charge in [0.15, 0.2) is 0 Å². The van der Waals surface area contributed by atoms with E-state index in [0.717, 1.165) is 38.6 Å². The maximum absolute atomic E-state index is 9.53. The topological polar surface area (TPSA) is 56.0 Å². The standard InChI is InChI=1S/C10H16N2O/c11-6-10(4-5-10)7-12-8-2-1-3-9(8)13/h8-9,12-13H,1-5,7H2. The van der Waals surface area contributed by atoms with E-state index in [9.17, 15) is 5.11 Å². The van der Waals surface area contributed by atoms with Gasteiger partial charge in [0, 0.05) is 12.6 Å². The van der Waals surface area contributed by atoms with Crippen LogP contribution in [0.1, 0.15) is 32.1 Å². The predicted octanol–water partition coefficient (Wildman–Crippen LogP) is 0.793. The minimum atomic E-state index is -0.186. The fourth-order valence-corrected chi connectivity index (χ4v) is 1.98. The second kappa shape index (κ2) is 3.28. The van der Waals surface area contributed by atoms with Crippen molar-refractivity contribution in [1.29, 1.82) is 5.26 Å². The molecule has 0 aliphatic heterocycles. The summed E-state index contributed by atoms with van der Waals surface area (Å²) in [4.78, 5) is 0. The molecule has 0 aromatic carbocycles. The fourth-order valence-electron chi connectivity index (χ4n) is 1.98. The molecule has 0 aromatic rings. The molecular formula is C10H16N2O. The number of aliphatic hydroxyl groups is 1. The number of hydrogen-bond donors (Lipinski definition) is 2. The summed E-state index contributed by atoms with van der Waals surface area (Å²) in [5.41, 5.74) is -0.0810. The molecule has 2 atom stereocenters. The summed E-state index contributed by atoms with van der Waals surface area (Å²) < 4.78 is 0. The van der Waals surface area contributed by atoms with Crippen molar-refractivity contribution < 1.29 is 5.11 Å². The van der Waals surface area contributed by atoms with Crippen LogP contribution < -0.4 is 5.32 Å². The van der Waals surface area contributed by atoms with Crippen LogP contribution in [0, 0.1) is 16.7 Å². The largest absolute Gasteiger partial charge is 0.392 e. The molecule has 2 fully saturated rings. The van der Waals surface area contributed by atoms with Crippen molar-refractivity contribution in [2.24, 2.45) is 5.41 Å². The summed E-state index contributed by atoms with van der Waals surface area (Å²) in [6, 6.07) is 2.59. The summed E-state index contributed by atoms with van der Waals surface area (Å²) >= 11 is 0. The summed E-state index contributed by atoms with van der Waals surface area (Å²) in [6.45, 7) is 0.769. The maximum atomic E-state index is 9.53. The highest BCUT2D eigenvalue weighted by Gasteiger charge is 2.43. The van der Waals surface area contributed by atoms with Gasteiger partial charge in [-0.05, 0) is 32.1 Å². The Morgan fingerprint density at radius 3 is 2.69 bits per heavy atom. The van der Waals surface area contributed by atoms with Crippen molar-refractivity contribution in [3.05, 3.63) is 0 Å². The third-order valence-corrected chi connectivity index (χ3v) is 3.27. The number of rotatable bonds is 3. The van der Waals surface area contributed by atoms with Gasteiger partial charge in [-0.1, -0.05) is 0 Å². The van der Waals surface area contributed by atoms with E-state index in [1.807, 2.05) is 0 Å². The van der Waals surface area contributed by atoms with Gasteiger partial charge in [0.25, 0.3) is 0 Å². The molecule has 0 aromatic heterocycles. The number of aliphatic hydroxyl groups excluding tert-OH is 1. The quantitative estimate of drug-likeness (QED) is 0.675. The predicted molar refractivity (Wildman–Crippen MR) is 48.9 cm³/mol. The van der Waals surface area contributed by atoms with Crippen LogP contribution in [0.5, 0.6) is 0 Å². The van der Waals surface area contributed by atoms with Gasteiger partial charge in [0.1, 0.15) is 0 Å². The van der Waals surface area contributed by atoms with Gasteiger partial charge in [-0.3, -0.25) is 0 Å². The van der Waals surface area contributed by atoms with Crippen molar-refractivity contribution in [3.63, 3.8) is 0 Å². The number of nitriles is 1. The Balaban J connectivity index is 1.77. The Morgan fingerprint density at radius 1 is 1.46 bits per heavy atom. The highest BCUT2D eigenvalue weighted by atomic mass is 16.3. The molecule has 2 aliphatic carbocycles. The number of hydrogen-bond acceptors (Lipinski definition) is 3. The summed E-state index contributed by atoms with van der Waals surface area (Å²) in [5, 5.41) is 21.7. The molecule has 3 heteroatoms. The minimum Gasteiger partial charge on any atom is -0.392 e. The van der Waals surface area contributed by atoms with Gasteiger partial charge < -0.3 is 10.4 Å². The van der Waals surface area contributed by atoms with E-state index in [-0.39, 0.29) is 17.6 Å². The third kappa shape index (κ3) is 1.84. The van der Waals surface area contributed by atoms with Crippen LogP contribution in [-0.2, 0) is 0 Å². The smallest absolute Gasteiger partial charge is 0.0703 e. The van der Waals surface area contributed by atoms with E-state index < -0.39 is 0 Å². The molecule has 2 unspecified atom stereocenters. The van der Waals surface area contributed by atoms with Crippen LogP contribution in [0.4, 0.5) is 0 Å². The zero-order valence-corrected chi connectivity index (χ0v) is 7.79. The minimum absolute atomic E-state index is 0.0810. The monoisotopic (exact) mass is 180 g/mol.